The fourth-order valence-electron chi connectivity index (χ4n) is 2.43. The summed E-state index contributed by atoms with van der Waals surface area (Å²) in [5.41, 5.74) is 0.0725. The number of rotatable bonds is 7. The highest BCUT2D eigenvalue weighted by atomic mass is 32.1. The molecule has 1 aromatic heterocycles. The first kappa shape index (κ1) is 12.5. The van der Waals surface area contributed by atoms with E-state index in [1.807, 2.05) is 7.11 Å². The van der Waals surface area contributed by atoms with Crippen LogP contribution in [0.5, 0.6) is 0 Å². The molecule has 1 N–H and O–H groups in total. The Kier molecular flexibility index (Phi) is 3.63. The van der Waals surface area contributed by atoms with Crippen molar-refractivity contribution in [2.75, 3.05) is 13.7 Å². The Balaban J connectivity index is 1.49. The van der Waals surface area contributed by atoms with Crippen molar-refractivity contribution in [2.45, 2.75) is 56.6 Å². The molecule has 2 fully saturated rings. The molecule has 1 heterocycles. The topological polar surface area (TPSA) is 47.0 Å². The third kappa shape index (κ3) is 2.90. The van der Waals surface area contributed by atoms with Crippen molar-refractivity contribution in [3.8, 4) is 0 Å². The van der Waals surface area contributed by atoms with E-state index >= 15 is 0 Å². The molecule has 0 bridgehead atoms. The summed E-state index contributed by atoms with van der Waals surface area (Å²) in [6.07, 6.45) is 8.26. The normalized spacial score (nSPS) is 21.8. The van der Waals surface area contributed by atoms with Crippen LogP contribution < -0.4 is 5.32 Å². The zero-order chi connectivity index (χ0) is 12.4. The summed E-state index contributed by atoms with van der Waals surface area (Å²) < 4.78 is 5.63. The van der Waals surface area contributed by atoms with Crippen LogP contribution in [0.3, 0.4) is 0 Å². The van der Waals surface area contributed by atoms with Crippen molar-refractivity contribution in [3.05, 3.63) is 10.0 Å². The van der Waals surface area contributed by atoms with Crippen molar-refractivity contribution in [2.24, 2.45) is 0 Å². The molecule has 0 aromatic carbocycles. The summed E-state index contributed by atoms with van der Waals surface area (Å²) in [6, 6.07) is 0.782. The van der Waals surface area contributed by atoms with Gasteiger partial charge in [0.15, 0.2) is 0 Å². The van der Waals surface area contributed by atoms with E-state index in [1.54, 1.807) is 11.3 Å². The van der Waals surface area contributed by atoms with Crippen LogP contribution in [0.4, 0.5) is 0 Å². The number of ether oxygens (including phenoxy) is 1. The molecule has 3 rings (SSSR count). The van der Waals surface area contributed by atoms with Crippen LogP contribution in [0.15, 0.2) is 0 Å². The lowest BCUT2D eigenvalue weighted by Gasteiger charge is -2.39. The number of nitrogens with zero attached hydrogens (tertiary/aromatic N) is 2. The lowest BCUT2D eigenvalue weighted by molar-refractivity contribution is -0.0709. The molecular weight excluding hydrogens is 246 g/mol. The van der Waals surface area contributed by atoms with E-state index in [0.29, 0.717) is 0 Å². The summed E-state index contributed by atoms with van der Waals surface area (Å²) in [6.45, 7) is 1.04. The minimum atomic E-state index is 0.0725. The fraction of sp³-hybridized carbons (Fsp3) is 0.846. The first-order valence-electron chi connectivity index (χ1n) is 6.89. The summed E-state index contributed by atoms with van der Waals surface area (Å²) in [5.74, 6) is 0. The van der Waals surface area contributed by atoms with E-state index in [0.717, 1.165) is 35.4 Å². The molecule has 2 aliphatic carbocycles. The highest BCUT2D eigenvalue weighted by Crippen LogP contribution is 2.38. The van der Waals surface area contributed by atoms with Gasteiger partial charge < -0.3 is 10.1 Å². The van der Waals surface area contributed by atoms with Crippen LogP contribution in [0.25, 0.3) is 0 Å². The average molecular weight is 267 g/mol. The lowest BCUT2D eigenvalue weighted by atomic mass is 9.78. The highest BCUT2D eigenvalue weighted by molar-refractivity contribution is 7.11. The maximum absolute atomic E-state index is 5.63. The quantitative estimate of drug-likeness (QED) is 0.820. The molecule has 0 atom stereocenters. The van der Waals surface area contributed by atoms with Gasteiger partial charge in [-0.2, -0.15) is 0 Å². The van der Waals surface area contributed by atoms with Gasteiger partial charge in [0.1, 0.15) is 10.0 Å². The summed E-state index contributed by atoms with van der Waals surface area (Å²) in [5, 5.41) is 14.4. The average Bonchev–Trinajstić information content (AvgIpc) is 3.04. The maximum Gasteiger partial charge on any atom is 0.120 e. The van der Waals surface area contributed by atoms with E-state index < -0.39 is 0 Å². The molecule has 2 aliphatic rings. The predicted octanol–water partition coefficient (Wildman–Crippen LogP) is 1.94. The largest absolute Gasteiger partial charge is 0.378 e. The first-order chi connectivity index (χ1) is 8.80. The minimum absolute atomic E-state index is 0.0725. The predicted molar refractivity (Wildman–Crippen MR) is 71.9 cm³/mol. The lowest BCUT2D eigenvalue weighted by Crippen LogP contribution is -2.41. The zero-order valence-corrected chi connectivity index (χ0v) is 11.8. The second-order valence-electron chi connectivity index (χ2n) is 5.49. The monoisotopic (exact) mass is 267 g/mol. The van der Waals surface area contributed by atoms with Gasteiger partial charge >= 0.3 is 0 Å². The van der Waals surface area contributed by atoms with Gasteiger partial charge in [-0.3, -0.25) is 0 Å². The van der Waals surface area contributed by atoms with Crippen LogP contribution in [0, 0.1) is 0 Å². The SMILES string of the molecule is COC1(Cc2nnc(CCNC3CC3)s2)CCC1. The van der Waals surface area contributed by atoms with Crippen molar-refractivity contribution in [1.82, 2.24) is 15.5 Å². The number of aromatic nitrogens is 2. The van der Waals surface area contributed by atoms with E-state index in [-0.39, 0.29) is 5.60 Å². The second-order valence-corrected chi connectivity index (χ2v) is 6.63. The first-order valence-corrected chi connectivity index (χ1v) is 7.71. The molecule has 0 saturated heterocycles. The summed E-state index contributed by atoms with van der Waals surface area (Å²) in [7, 11) is 1.82. The van der Waals surface area contributed by atoms with Gasteiger partial charge in [0, 0.05) is 32.5 Å². The molecule has 0 aliphatic heterocycles. The molecule has 4 nitrogen and oxygen atoms in total. The van der Waals surface area contributed by atoms with Crippen molar-refractivity contribution < 1.29 is 4.74 Å². The van der Waals surface area contributed by atoms with Gasteiger partial charge in [0.2, 0.25) is 0 Å². The fourth-order valence-corrected chi connectivity index (χ4v) is 3.41. The van der Waals surface area contributed by atoms with Crippen molar-refractivity contribution in [3.63, 3.8) is 0 Å². The third-order valence-corrected chi connectivity index (χ3v) is 5.01. The van der Waals surface area contributed by atoms with Crippen LogP contribution in [-0.4, -0.2) is 35.5 Å². The smallest absolute Gasteiger partial charge is 0.120 e. The van der Waals surface area contributed by atoms with Crippen LogP contribution >= 0.6 is 11.3 Å². The number of methoxy groups -OCH3 is 1. The second kappa shape index (κ2) is 5.23. The summed E-state index contributed by atoms with van der Waals surface area (Å²) >= 11 is 1.75. The Labute approximate surface area is 112 Å². The van der Waals surface area contributed by atoms with Gasteiger partial charge in [-0.05, 0) is 32.1 Å². The van der Waals surface area contributed by atoms with E-state index in [2.05, 4.69) is 15.5 Å². The van der Waals surface area contributed by atoms with Gasteiger partial charge in [-0.25, -0.2) is 0 Å². The van der Waals surface area contributed by atoms with E-state index in [4.69, 9.17) is 4.74 Å². The Morgan fingerprint density at radius 1 is 1.33 bits per heavy atom. The molecule has 5 heteroatoms. The standard InChI is InChI=1S/C13H21N3OS/c1-17-13(6-2-7-13)9-12-16-15-11(18-12)5-8-14-10-3-4-10/h10,14H,2-9H2,1H3. The Hall–Kier alpha value is -0.520. The van der Waals surface area contributed by atoms with Gasteiger partial charge in [-0.15, -0.1) is 21.5 Å². The molecule has 0 unspecified atom stereocenters. The molecule has 0 radical (unpaired) electrons. The van der Waals surface area contributed by atoms with Gasteiger partial charge in [0.25, 0.3) is 0 Å². The number of hydrogen-bond acceptors (Lipinski definition) is 5. The minimum Gasteiger partial charge on any atom is -0.378 e. The molecule has 18 heavy (non-hydrogen) atoms. The number of hydrogen-bond donors (Lipinski definition) is 1. The molecular formula is C13H21N3OS. The van der Waals surface area contributed by atoms with Gasteiger partial charge in [-0.1, -0.05) is 0 Å². The third-order valence-electron chi connectivity index (χ3n) is 4.03. The highest BCUT2D eigenvalue weighted by Gasteiger charge is 2.38. The number of nitrogens with one attached hydrogen (secondary N) is 1. The van der Waals surface area contributed by atoms with E-state index in [9.17, 15) is 0 Å². The van der Waals surface area contributed by atoms with Gasteiger partial charge in [0.05, 0.1) is 5.60 Å². The summed E-state index contributed by atoms with van der Waals surface area (Å²) in [4.78, 5) is 0. The molecule has 0 amide bonds. The van der Waals surface area contributed by atoms with Crippen LogP contribution in [0.1, 0.15) is 42.1 Å². The molecule has 100 valence electrons. The Morgan fingerprint density at radius 2 is 2.11 bits per heavy atom. The van der Waals surface area contributed by atoms with E-state index in [1.165, 1.54) is 32.1 Å². The Bertz CT molecular complexity index is 393. The zero-order valence-electron chi connectivity index (χ0n) is 10.9. The maximum atomic E-state index is 5.63. The Morgan fingerprint density at radius 3 is 2.72 bits per heavy atom. The van der Waals surface area contributed by atoms with Crippen molar-refractivity contribution >= 4 is 11.3 Å². The molecule has 0 spiro atoms. The van der Waals surface area contributed by atoms with Crippen LogP contribution in [-0.2, 0) is 17.6 Å². The molecule has 1 aromatic rings. The van der Waals surface area contributed by atoms with Crippen LogP contribution in [0.2, 0.25) is 0 Å². The molecule has 2 saturated carbocycles. The van der Waals surface area contributed by atoms with Crippen molar-refractivity contribution in [1.29, 1.82) is 0 Å².